The Hall–Kier alpha value is -1.22. The van der Waals surface area contributed by atoms with Crippen LogP contribution in [-0.4, -0.2) is 86.3 Å². The van der Waals surface area contributed by atoms with Gasteiger partial charge >= 0.3 is 0 Å². The highest BCUT2D eigenvalue weighted by Gasteiger charge is 2.19. The smallest absolute Gasteiger partial charge is 0.239 e. The molecule has 2 atom stereocenters. The molecule has 1 fully saturated rings. The molecule has 0 unspecified atom stereocenters. The van der Waals surface area contributed by atoms with E-state index in [4.69, 9.17) is 20.9 Å². The summed E-state index contributed by atoms with van der Waals surface area (Å²) >= 11 is 0. The van der Waals surface area contributed by atoms with Crippen LogP contribution in [0.5, 0.6) is 0 Å². The highest BCUT2D eigenvalue weighted by molar-refractivity contribution is 5.81. The van der Waals surface area contributed by atoms with Crippen LogP contribution >= 0.6 is 0 Å². The Bertz CT molecular complexity index is 317. The molecule has 0 bridgehead atoms. The molecule has 0 saturated carbocycles. The molecule has 0 spiro atoms. The zero-order valence-corrected chi connectivity index (χ0v) is 13.5. The number of hydrogen-bond donors (Lipinski definition) is 2. The molecule has 8 heteroatoms. The standard InChI is InChI=1S/C14H28N4O4/c1-11(15)13(19)17-3-7-21-9-5-18(14(20)12(2)16)6-10-22-8-4-17/h11-12H,3-10,15-16H2,1-2H3/t11-,12-/m1/s1. The summed E-state index contributed by atoms with van der Waals surface area (Å²) in [7, 11) is 0. The van der Waals surface area contributed by atoms with Gasteiger partial charge in [0.25, 0.3) is 0 Å². The number of carbonyl (C=O) groups excluding carboxylic acids is 2. The van der Waals surface area contributed by atoms with Crippen molar-refractivity contribution in [2.45, 2.75) is 25.9 Å². The number of hydrogen-bond acceptors (Lipinski definition) is 6. The minimum atomic E-state index is -0.535. The Kier molecular flexibility index (Phi) is 8.32. The fourth-order valence-electron chi connectivity index (χ4n) is 2.14. The Balaban J connectivity index is 2.53. The first-order valence-corrected chi connectivity index (χ1v) is 7.67. The Labute approximate surface area is 131 Å². The third-order valence-corrected chi connectivity index (χ3v) is 3.42. The minimum absolute atomic E-state index is 0.113. The van der Waals surface area contributed by atoms with Gasteiger partial charge in [0.05, 0.1) is 38.5 Å². The lowest BCUT2D eigenvalue weighted by atomic mass is 10.3. The van der Waals surface area contributed by atoms with Gasteiger partial charge in [0.15, 0.2) is 0 Å². The molecule has 0 aromatic heterocycles. The Morgan fingerprint density at radius 3 is 1.27 bits per heavy atom. The lowest BCUT2D eigenvalue weighted by Gasteiger charge is -2.28. The largest absolute Gasteiger partial charge is 0.378 e. The van der Waals surface area contributed by atoms with Crippen LogP contribution in [0.15, 0.2) is 0 Å². The maximum atomic E-state index is 12.0. The predicted octanol–water partition coefficient (Wildman–Crippen LogP) is -1.62. The minimum Gasteiger partial charge on any atom is -0.378 e. The molecule has 1 aliphatic rings. The van der Waals surface area contributed by atoms with Crippen LogP contribution in [0, 0.1) is 0 Å². The van der Waals surface area contributed by atoms with Crippen LogP contribution in [0.2, 0.25) is 0 Å². The summed E-state index contributed by atoms with van der Waals surface area (Å²) in [6.45, 7) is 6.79. The van der Waals surface area contributed by atoms with E-state index in [9.17, 15) is 9.59 Å². The van der Waals surface area contributed by atoms with Crippen LogP contribution in [0.1, 0.15) is 13.8 Å². The first-order valence-electron chi connectivity index (χ1n) is 7.67. The number of rotatable bonds is 2. The second-order valence-electron chi connectivity index (χ2n) is 5.45. The van der Waals surface area contributed by atoms with Crippen molar-refractivity contribution in [2.75, 3.05) is 52.6 Å². The summed E-state index contributed by atoms with van der Waals surface area (Å²) in [5, 5.41) is 0. The molecule has 8 nitrogen and oxygen atoms in total. The molecule has 128 valence electrons. The molecule has 0 aliphatic carbocycles. The Morgan fingerprint density at radius 2 is 1.05 bits per heavy atom. The van der Waals surface area contributed by atoms with Crippen LogP contribution < -0.4 is 11.5 Å². The van der Waals surface area contributed by atoms with E-state index < -0.39 is 12.1 Å². The number of amides is 2. The van der Waals surface area contributed by atoms with E-state index in [0.717, 1.165) is 0 Å². The maximum Gasteiger partial charge on any atom is 0.239 e. The summed E-state index contributed by atoms with van der Waals surface area (Å²) in [6, 6.07) is -1.07. The SMILES string of the molecule is C[C@@H](N)C(=O)N1CCOCCN(C(=O)[C@@H](C)N)CCOCC1. The lowest BCUT2D eigenvalue weighted by Crippen LogP contribution is -2.47. The van der Waals surface area contributed by atoms with Gasteiger partial charge in [0, 0.05) is 26.2 Å². The molecule has 0 aromatic rings. The van der Waals surface area contributed by atoms with Gasteiger partial charge in [-0.2, -0.15) is 0 Å². The molecule has 0 aromatic carbocycles. The first-order chi connectivity index (χ1) is 10.4. The van der Waals surface area contributed by atoms with Crippen molar-refractivity contribution in [1.82, 2.24) is 9.80 Å². The van der Waals surface area contributed by atoms with Gasteiger partial charge in [-0.05, 0) is 13.8 Å². The average Bonchev–Trinajstić information content (AvgIpc) is 2.46. The van der Waals surface area contributed by atoms with Crippen molar-refractivity contribution in [3.8, 4) is 0 Å². The number of ether oxygens (including phenoxy) is 2. The summed E-state index contributed by atoms with van der Waals surface area (Å²) in [6.07, 6.45) is 0. The van der Waals surface area contributed by atoms with Crippen molar-refractivity contribution >= 4 is 11.8 Å². The van der Waals surface area contributed by atoms with Crippen molar-refractivity contribution in [3.63, 3.8) is 0 Å². The zero-order chi connectivity index (χ0) is 16.5. The van der Waals surface area contributed by atoms with E-state index in [1.165, 1.54) is 0 Å². The fourth-order valence-corrected chi connectivity index (χ4v) is 2.14. The molecule has 0 radical (unpaired) electrons. The zero-order valence-electron chi connectivity index (χ0n) is 13.5. The number of nitrogens with two attached hydrogens (primary N) is 2. The van der Waals surface area contributed by atoms with Crippen molar-refractivity contribution < 1.29 is 19.1 Å². The topological polar surface area (TPSA) is 111 Å². The molecular formula is C14H28N4O4. The van der Waals surface area contributed by atoms with Crippen LogP contribution in [0.3, 0.4) is 0 Å². The van der Waals surface area contributed by atoms with Gasteiger partial charge in [-0.15, -0.1) is 0 Å². The second kappa shape index (κ2) is 9.73. The summed E-state index contributed by atoms with van der Waals surface area (Å²) < 4.78 is 11.0. The summed E-state index contributed by atoms with van der Waals surface area (Å²) in [5.74, 6) is -0.226. The highest BCUT2D eigenvalue weighted by Crippen LogP contribution is 1.99. The molecular weight excluding hydrogens is 288 g/mol. The number of nitrogens with zero attached hydrogens (tertiary/aromatic N) is 2. The molecule has 22 heavy (non-hydrogen) atoms. The van der Waals surface area contributed by atoms with Gasteiger partial charge < -0.3 is 30.7 Å². The summed E-state index contributed by atoms with van der Waals surface area (Å²) in [5.41, 5.74) is 11.3. The predicted molar refractivity (Wildman–Crippen MR) is 82.1 cm³/mol. The maximum absolute atomic E-state index is 12.0. The average molecular weight is 316 g/mol. The van der Waals surface area contributed by atoms with E-state index in [-0.39, 0.29) is 11.8 Å². The van der Waals surface area contributed by atoms with Crippen LogP contribution in [-0.2, 0) is 19.1 Å². The molecule has 1 rings (SSSR count). The number of carbonyl (C=O) groups is 2. The van der Waals surface area contributed by atoms with E-state index in [2.05, 4.69) is 0 Å². The molecule has 4 N–H and O–H groups in total. The fraction of sp³-hybridized carbons (Fsp3) is 0.857. The van der Waals surface area contributed by atoms with E-state index in [1.807, 2.05) is 0 Å². The quantitative estimate of drug-likeness (QED) is 0.634. The van der Waals surface area contributed by atoms with Gasteiger partial charge in [0.2, 0.25) is 11.8 Å². The first kappa shape index (κ1) is 18.8. The molecule has 1 aliphatic heterocycles. The lowest BCUT2D eigenvalue weighted by molar-refractivity contribution is -0.135. The van der Waals surface area contributed by atoms with Crippen molar-refractivity contribution in [3.05, 3.63) is 0 Å². The van der Waals surface area contributed by atoms with Crippen LogP contribution in [0.4, 0.5) is 0 Å². The monoisotopic (exact) mass is 316 g/mol. The summed E-state index contributed by atoms with van der Waals surface area (Å²) in [4.78, 5) is 27.2. The van der Waals surface area contributed by atoms with Crippen molar-refractivity contribution in [2.24, 2.45) is 11.5 Å². The van der Waals surface area contributed by atoms with E-state index >= 15 is 0 Å². The van der Waals surface area contributed by atoms with Gasteiger partial charge in [-0.3, -0.25) is 9.59 Å². The van der Waals surface area contributed by atoms with E-state index in [0.29, 0.717) is 52.6 Å². The molecule has 1 heterocycles. The third-order valence-electron chi connectivity index (χ3n) is 3.42. The van der Waals surface area contributed by atoms with Gasteiger partial charge in [0.1, 0.15) is 0 Å². The van der Waals surface area contributed by atoms with Gasteiger partial charge in [-0.1, -0.05) is 0 Å². The molecule has 1 saturated heterocycles. The molecule has 2 amide bonds. The third kappa shape index (κ3) is 6.27. The van der Waals surface area contributed by atoms with Gasteiger partial charge in [-0.25, -0.2) is 0 Å². The van der Waals surface area contributed by atoms with E-state index in [1.54, 1.807) is 23.6 Å². The highest BCUT2D eigenvalue weighted by atomic mass is 16.5. The normalized spacial score (nSPS) is 21.5. The Morgan fingerprint density at radius 1 is 0.773 bits per heavy atom. The van der Waals surface area contributed by atoms with Crippen LogP contribution in [0.25, 0.3) is 0 Å². The second-order valence-corrected chi connectivity index (χ2v) is 5.45. The van der Waals surface area contributed by atoms with Crippen molar-refractivity contribution in [1.29, 1.82) is 0 Å².